The monoisotopic (exact) mass is 276 g/mol. The minimum absolute atomic E-state index is 0.156. The lowest BCUT2D eigenvalue weighted by molar-refractivity contribution is -0.115. The minimum atomic E-state index is -0.156. The molecular formula is C13H9ClN2OS. The average Bonchev–Trinajstić information content (AvgIpc) is 2.82. The van der Waals surface area contributed by atoms with Crippen molar-refractivity contribution in [3.8, 4) is 6.07 Å². The molecule has 1 N–H and O–H groups in total. The number of hydrogen-bond donors (Lipinski definition) is 1. The van der Waals surface area contributed by atoms with E-state index < -0.39 is 0 Å². The molecule has 1 amide bonds. The Morgan fingerprint density at radius 1 is 1.44 bits per heavy atom. The summed E-state index contributed by atoms with van der Waals surface area (Å²) in [6.07, 6.45) is 0.301. The smallest absolute Gasteiger partial charge is 0.229 e. The van der Waals surface area contributed by atoms with Gasteiger partial charge in [-0.05, 0) is 29.6 Å². The number of halogens is 1. The first-order valence-electron chi connectivity index (χ1n) is 5.21. The first kappa shape index (κ1) is 12.6. The Labute approximate surface area is 114 Å². The fourth-order valence-corrected chi connectivity index (χ4v) is 2.36. The second-order valence-electron chi connectivity index (χ2n) is 3.61. The summed E-state index contributed by atoms with van der Waals surface area (Å²) in [6, 6.07) is 10.6. The number of rotatable bonds is 3. The molecule has 3 nitrogen and oxygen atoms in total. The van der Waals surface area contributed by atoms with E-state index in [0.29, 0.717) is 22.7 Å². The van der Waals surface area contributed by atoms with Crippen LogP contribution < -0.4 is 5.32 Å². The normalized spacial score (nSPS) is 9.78. The largest absolute Gasteiger partial charge is 0.325 e. The molecule has 0 spiro atoms. The van der Waals surface area contributed by atoms with Gasteiger partial charge in [0.2, 0.25) is 5.91 Å². The summed E-state index contributed by atoms with van der Waals surface area (Å²) in [7, 11) is 0. The van der Waals surface area contributed by atoms with Crippen molar-refractivity contribution in [2.75, 3.05) is 5.32 Å². The van der Waals surface area contributed by atoms with Crippen LogP contribution in [-0.2, 0) is 11.2 Å². The van der Waals surface area contributed by atoms with Crippen molar-refractivity contribution in [3.63, 3.8) is 0 Å². The standard InChI is InChI=1S/C13H9ClN2OS/c14-10-4-3-9(8-15)12(6-10)16-13(17)7-11-2-1-5-18-11/h1-6H,7H2,(H,16,17). The maximum Gasteiger partial charge on any atom is 0.229 e. The van der Waals surface area contributed by atoms with Gasteiger partial charge in [-0.25, -0.2) is 0 Å². The molecule has 0 unspecified atom stereocenters. The number of anilines is 1. The average molecular weight is 277 g/mol. The third kappa shape index (κ3) is 3.10. The molecule has 5 heteroatoms. The van der Waals surface area contributed by atoms with Crippen LogP contribution in [0.15, 0.2) is 35.7 Å². The van der Waals surface area contributed by atoms with E-state index in [9.17, 15) is 4.79 Å². The summed E-state index contributed by atoms with van der Waals surface area (Å²) in [5.74, 6) is -0.156. The van der Waals surface area contributed by atoms with Crippen molar-refractivity contribution in [1.29, 1.82) is 5.26 Å². The van der Waals surface area contributed by atoms with Crippen LogP contribution in [0, 0.1) is 11.3 Å². The molecule has 1 aromatic carbocycles. The Bertz CT molecular complexity index is 602. The third-order valence-corrected chi connectivity index (χ3v) is 3.40. The summed E-state index contributed by atoms with van der Waals surface area (Å²) in [6.45, 7) is 0. The highest BCUT2D eigenvalue weighted by Crippen LogP contribution is 2.21. The molecule has 1 aromatic heterocycles. The molecule has 0 atom stereocenters. The molecule has 0 bridgehead atoms. The van der Waals surface area contributed by atoms with Crippen LogP contribution in [0.5, 0.6) is 0 Å². The number of carbonyl (C=O) groups is 1. The van der Waals surface area contributed by atoms with Crippen LogP contribution in [0.2, 0.25) is 5.02 Å². The first-order chi connectivity index (χ1) is 8.69. The summed E-state index contributed by atoms with van der Waals surface area (Å²) < 4.78 is 0. The zero-order valence-corrected chi connectivity index (χ0v) is 10.9. The third-order valence-electron chi connectivity index (χ3n) is 2.29. The molecule has 0 fully saturated rings. The predicted octanol–water partition coefficient (Wildman–Crippen LogP) is 3.45. The quantitative estimate of drug-likeness (QED) is 0.933. The second-order valence-corrected chi connectivity index (χ2v) is 5.07. The van der Waals surface area contributed by atoms with Crippen LogP contribution in [0.1, 0.15) is 10.4 Å². The zero-order valence-electron chi connectivity index (χ0n) is 9.31. The summed E-state index contributed by atoms with van der Waals surface area (Å²) in [5.41, 5.74) is 0.852. The van der Waals surface area contributed by atoms with E-state index >= 15 is 0 Å². The fourth-order valence-electron chi connectivity index (χ4n) is 1.48. The van der Waals surface area contributed by atoms with E-state index in [4.69, 9.17) is 16.9 Å². The zero-order chi connectivity index (χ0) is 13.0. The van der Waals surface area contributed by atoms with Gasteiger partial charge in [0.1, 0.15) is 6.07 Å². The van der Waals surface area contributed by atoms with E-state index in [0.717, 1.165) is 4.88 Å². The molecule has 90 valence electrons. The number of nitrogens with zero attached hydrogens (tertiary/aromatic N) is 1. The summed E-state index contributed by atoms with van der Waals surface area (Å²) >= 11 is 7.36. The Morgan fingerprint density at radius 3 is 2.94 bits per heavy atom. The van der Waals surface area contributed by atoms with Crippen LogP contribution in [-0.4, -0.2) is 5.91 Å². The van der Waals surface area contributed by atoms with Crippen LogP contribution in [0.4, 0.5) is 5.69 Å². The van der Waals surface area contributed by atoms with Gasteiger partial charge >= 0.3 is 0 Å². The van der Waals surface area contributed by atoms with Gasteiger partial charge in [-0.2, -0.15) is 5.26 Å². The number of amides is 1. The lowest BCUT2D eigenvalue weighted by Crippen LogP contribution is -2.14. The summed E-state index contributed by atoms with van der Waals surface area (Å²) in [5, 5.41) is 14.0. The molecule has 2 aromatic rings. The Morgan fingerprint density at radius 2 is 2.28 bits per heavy atom. The molecule has 0 saturated carbocycles. The molecule has 0 radical (unpaired) electrons. The van der Waals surface area contributed by atoms with Crippen LogP contribution >= 0.6 is 22.9 Å². The Balaban J connectivity index is 2.12. The van der Waals surface area contributed by atoms with Gasteiger partial charge in [-0.3, -0.25) is 4.79 Å². The molecule has 1 heterocycles. The van der Waals surface area contributed by atoms with Crippen molar-refractivity contribution in [1.82, 2.24) is 0 Å². The number of nitriles is 1. The van der Waals surface area contributed by atoms with Crippen molar-refractivity contribution in [2.24, 2.45) is 0 Å². The van der Waals surface area contributed by atoms with Crippen molar-refractivity contribution in [3.05, 3.63) is 51.2 Å². The van der Waals surface area contributed by atoms with Crippen LogP contribution in [0.25, 0.3) is 0 Å². The van der Waals surface area contributed by atoms with Gasteiger partial charge in [-0.1, -0.05) is 17.7 Å². The molecule has 2 rings (SSSR count). The van der Waals surface area contributed by atoms with E-state index in [1.165, 1.54) is 11.3 Å². The Kier molecular flexibility index (Phi) is 3.98. The second kappa shape index (κ2) is 5.67. The van der Waals surface area contributed by atoms with Crippen molar-refractivity contribution < 1.29 is 4.79 Å². The van der Waals surface area contributed by atoms with Crippen molar-refractivity contribution in [2.45, 2.75) is 6.42 Å². The SMILES string of the molecule is N#Cc1ccc(Cl)cc1NC(=O)Cc1cccs1. The van der Waals surface area contributed by atoms with Gasteiger partial charge in [0.05, 0.1) is 17.7 Å². The number of carbonyl (C=O) groups excluding carboxylic acids is 1. The maximum atomic E-state index is 11.8. The highest BCUT2D eigenvalue weighted by Gasteiger charge is 2.08. The summed E-state index contributed by atoms with van der Waals surface area (Å²) in [4.78, 5) is 12.8. The molecule has 0 saturated heterocycles. The molecule has 18 heavy (non-hydrogen) atoms. The van der Waals surface area contributed by atoms with Gasteiger partial charge < -0.3 is 5.32 Å². The Hall–Kier alpha value is -1.83. The molecule has 0 aliphatic heterocycles. The van der Waals surface area contributed by atoms with Crippen molar-refractivity contribution >= 4 is 34.5 Å². The number of thiophene rings is 1. The first-order valence-corrected chi connectivity index (χ1v) is 6.46. The minimum Gasteiger partial charge on any atom is -0.325 e. The van der Waals surface area contributed by atoms with E-state index in [-0.39, 0.29) is 5.91 Å². The lowest BCUT2D eigenvalue weighted by atomic mass is 10.2. The predicted molar refractivity (Wildman–Crippen MR) is 72.8 cm³/mol. The van der Waals surface area contributed by atoms with Gasteiger partial charge in [0.15, 0.2) is 0 Å². The highest BCUT2D eigenvalue weighted by atomic mass is 35.5. The molecule has 0 aliphatic carbocycles. The number of hydrogen-bond acceptors (Lipinski definition) is 3. The number of nitrogens with one attached hydrogen (secondary N) is 1. The topological polar surface area (TPSA) is 52.9 Å². The van der Waals surface area contributed by atoms with Gasteiger partial charge in [0.25, 0.3) is 0 Å². The van der Waals surface area contributed by atoms with E-state index in [2.05, 4.69) is 5.32 Å². The maximum absolute atomic E-state index is 11.8. The molecular weight excluding hydrogens is 268 g/mol. The number of benzene rings is 1. The van der Waals surface area contributed by atoms with Gasteiger partial charge in [0, 0.05) is 9.90 Å². The van der Waals surface area contributed by atoms with E-state index in [1.807, 2.05) is 23.6 Å². The van der Waals surface area contributed by atoms with Crippen LogP contribution in [0.3, 0.4) is 0 Å². The van der Waals surface area contributed by atoms with E-state index in [1.54, 1.807) is 18.2 Å². The highest BCUT2D eigenvalue weighted by molar-refractivity contribution is 7.10. The lowest BCUT2D eigenvalue weighted by Gasteiger charge is -2.06. The fraction of sp³-hybridized carbons (Fsp3) is 0.0769. The molecule has 0 aliphatic rings. The van der Waals surface area contributed by atoms with Gasteiger partial charge in [-0.15, -0.1) is 11.3 Å².